The Morgan fingerprint density at radius 2 is 2.00 bits per heavy atom. The zero-order chi connectivity index (χ0) is 24.0. The Morgan fingerprint density at radius 1 is 1.24 bits per heavy atom. The fourth-order valence-electron chi connectivity index (χ4n) is 5.98. The molecule has 0 aromatic heterocycles. The molecule has 10 heteroatoms. The van der Waals surface area contributed by atoms with Crippen molar-refractivity contribution in [2.45, 2.75) is 63.2 Å². The number of hydrogen-bond donors (Lipinski definition) is 3. The van der Waals surface area contributed by atoms with Gasteiger partial charge in [0.15, 0.2) is 0 Å². The van der Waals surface area contributed by atoms with Crippen molar-refractivity contribution >= 4 is 17.5 Å². The number of fused-ring (bicyclic) bond motifs is 1. The lowest BCUT2D eigenvalue weighted by atomic mass is 9.90. The number of hydrogen-bond acceptors (Lipinski definition) is 6. The fourth-order valence-corrected chi connectivity index (χ4v) is 5.98. The van der Waals surface area contributed by atoms with E-state index in [1.165, 1.54) is 0 Å². The average molecular weight is 473 g/mol. The van der Waals surface area contributed by atoms with Gasteiger partial charge >= 0.3 is 0 Å². The van der Waals surface area contributed by atoms with Crippen LogP contribution >= 0.6 is 0 Å². The minimum Gasteiger partial charge on any atom is -0.368 e. The fraction of sp³-hybridized carbons (Fsp3) is 0.625. The second-order valence-corrected chi connectivity index (χ2v) is 9.93. The summed E-state index contributed by atoms with van der Waals surface area (Å²) in [5, 5.41) is 17.5. The highest BCUT2D eigenvalue weighted by molar-refractivity contribution is 5.96. The molecule has 4 fully saturated rings. The quantitative estimate of drug-likeness (QED) is 0.622. The maximum Gasteiger partial charge on any atom is 0.254 e. The largest absolute Gasteiger partial charge is 0.368 e. The number of anilines is 1. The van der Waals surface area contributed by atoms with Gasteiger partial charge in [0.25, 0.3) is 11.8 Å². The van der Waals surface area contributed by atoms with Crippen molar-refractivity contribution in [1.29, 1.82) is 5.26 Å². The van der Waals surface area contributed by atoms with Crippen LogP contribution in [0.4, 0.5) is 14.5 Å². The summed E-state index contributed by atoms with van der Waals surface area (Å²) in [4.78, 5) is 27.5. The molecule has 34 heavy (non-hydrogen) atoms. The van der Waals surface area contributed by atoms with Crippen LogP contribution in [0.2, 0.25) is 0 Å². The van der Waals surface area contributed by atoms with Crippen LogP contribution in [-0.4, -0.2) is 65.5 Å². The molecule has 1 aromatic rings. The minimum absolute atomic E-state index is 0.0307. The third-order valence-electron chi connectivity index (χ3n) is 7.65. The van der Waals surface area contributed by atoms with Crippen LogP contribution < -0.4 is 16.1 Å². The van der Waals surface area contributed by atoms with Gasteiger partial charge in [0, 0.05) is 55.8 Å². The first-order valence-corrected chi connectivity index (χ1v) is 12.0. The van der Waals surface area contributed by atoms with Gasteiger partial charge in [-0.2, -0.15) is 5.26 Å². The molecule has 1 saturated carbocycles. The second-order valence-electron chi connectivity index (χ2n) is 9.93. The van der Waals surface area contributed by atoms with Gasteiger partial charge in [0.1, 0.15) is 6.17 Å². The lowest BCUT2D eigenvalue weighted by molar-refractivity contribution is -0.128. The number of nitrogens with one attached hydrogen (secondary N) is 3. The van der Waals surface area contributed by atoms with Crippen LogP contribution in [0, 0.1) is 30.1 Å². The summed E-state index contributed by atoms with van der Waals surface area (Å²) in [6, 6.07) is 6.60. The summed E-state index contributed by atoms with van der Waals surface area (Å²) in [5.74, 6) is -4.29. The number of rotatable bonds is 4. The van der Waals surface area contributed by atoms with Gasteiger partial charge in [-0.3, -0.25) is 9.59 Å². The molecule has 182 valence electrons. The molecule has 3 aliphatic heterocycles. The van der Waals surface area contributed by atoms with Gasteiger partial charge in [-0.05, 0) is 49.9 Å². The molecule has 8 nitrogen and oxygen atoms in total. The molecule has 3 unspecified atom stereocenters. The van der Waals surface area contributed by atoms with E-state index in [2.05, 4.69) is 16.1 Å². The summed E-state index contributed by atoms with van der Waals surface area (Å²) in [6.45, 7) is 3.92. The topological polar surface area (TPSA) is 100 Å². The molecular weight excluding hydrogens is 442 g/mol. The lowest BCUT2D eigenvalue weighted by Gasteiger charge is -2.34. The molecule has 0 radical (unpaired) electrons. The molecule has 5 rings (SSSR count). The molecule has 0 spiro atoms. The number of amides is 2. The van der Waals surface area contributed by atoms with Gasteiger partial charge in [0.2, 0.25) is 5.91 Å². The van der Waals surface area contributed by atoms with Crippen LogP contribution in [0.5, 0.6) is 0 Å². The van der Waals surface area contributed by atoms with Crippen molar-refractivity contribution in [2.75, 3.05) is 25.0 Å². The Hall–Kier alpha value is -2.77. The van der Waals surface area contributed by atoms with Crippen molar-refractivity contribution in [2.24, 2.45) is 11.8 Å². The third kappa shape index (κ3) is 4.12. The maximum atomic E-state index is 14.2. The predicted octanol–water partition coefficient (Wildman–Crippen LogP) is 2.23. The Kier molecular flexibility index (Phi) is 5.94. The summed E-state index contributed by atoms with van der Waals surface area (Å²) in [6.07, 6.45) is 1.29. The number of carbonyl (C=O) groups is 2. The number of nitriles is 1. The molecule has 3 heterocycles. The first-order chi connectivity index (χ1) is 16.3. The minimum atomic E-state index is -2.89. The standard InChI is InChI=1S/C24H30F2N6O2/c1-14-10-16(4-5-17(14)23(34)31-8-2-3-9-31)29-21-20-18(6-7-28-22(20)33)32(30-21)19-12-24(25,26)11-15(19)13-27/h4-5,10,15,18-21,29-30H,2-3,6-9,11-12H2,1H3,(H,28,33)/t15-,18?,19-,20?,21?/m1/s1. The normalized spacial score (nSPS) is 32.8. The zero-order valence-corrected chi connectivity index (χ0v) is 19.2. The maximum absolute atomic E-state index is 14.2. The number of halogens is 2. The number of nitrogens with zero attached hydrogens (tertiary/aromatic N) is 3. The van der Waals surface area contributed by atoms with Crippen molar-refractivity contribution in [1.82, 2.24) is 20.7 Å². The van der Waals surface area contributed by atoms with E-state index in [-0.39, 0.29) is 17.9 Å². The van der Waals surface area contributed by atoms with Gasteiger partial charge < -0.3 is 15.5 Å². The second kappa shape index (κ2) is 8.78. The highest BCUT2D eigenvalue weighted by atomic mass is 19.3. The highest BCUT2D eigenvalue weighted by Crippen LogP contribution is 2.44. The number of carbonyl (C=O) groups excluding carboxylic acids is 2. The Balaban J connectivity index is 1.36. The van der Waals surface area contributed by atoms with E-state index < -0.39 is 42.8 Å². The molecule has 3 N–H and O–H groups in total. The summed E-state index contributed by atoms with van der Waals surface area (Å²) in [5.41, 5.74) is 5.49. The summed E-state index contributed by atoms with van der Waals surface area (Å²) < 4.78 is 28.3. The molecule has 2 amide bonds. The summed E-state index contributed by atoms with van der Waals surface area (Å²) in [7, 11) is 0. The molecular formula is C24H30F2N6O2. The van der Waals surface area contributed by atoms with E-state index >= 15 is 0 Å². The zero-order valence-electron chi connectivity index (χ0n) is 19.2. The number of likely N-dealkylation sites (tertiary alicyclic amines) is 1. The van der Waals surface area contributed by atoms with E-state index in [1.807, 2.05) is 30.0 Å². The van der Waals surface area contributed by atoms with Crippen LogP contribution in [0.15, 0.2) is 18.2 Å². The molecule has 0 bridgehead atoms. The van der Waals surface area contributed by atoms with E-state index in [4.69, 9.17) is 0 Å². The Labute approximate surface area is 197 Å². The first-order valence-electron chi connectivity index (χ1n) is 12.0. The van der Waals surface area contributed by atoms with E-state index in [9.17, 15) is 23.6 Å². The van der Waals surface area contributed by atoms with Crippen molar-refractivity contribution < 1.29 is 18.4 Å². The number of hydrazine groups is 1. The number of alkyl halides is 2. The SMILES string of the molecule is Cc1cc(NC2NN([C@@H]3CC(F)(F)C[C@@H]3C#N)C3CCNC(=O)C23)ccc1C(=O)N1CCCC1. The van der Waals surface area contributed by atoms with Gasteiger partial charge in [-0.15, -0.1) is 0 Å². The predicted molar refractivity (Wildman–Crippen MR) is 121 cm³/mol. The first kappa shape index (κ1) is 23.0. The molecule has 4 aliphatic rings. The van der Waals surface area contributed by atoms with Crippen molar-refractivity contribution in [3.05, 3.63) is 29.3 Å². The van der Waals surface area contributed by atoms with Crippen LogP contribution in [0.1, 0.15) is 48.0 Å². The molecule has 3 saturated heterocycles. The number of piperidine rings is 1. The van der Waals surface area contributed by atoms with Crippen LogP contribution in [0.3, 0.4) is 0 Å². The Bertz CT molecular complexity index is 1020. The average Bonchev–Trinajstić information content (AvgIpc) is 3.51. The number of benzene rings is 1. The van der Waals surface area contributed by atoms with Crippen LogP contribution in [0.25, 0.3) is 0 Å². The van der Waals surface area contributed by atoms with E-state index in [1.54, 1.807) is 11.1 Å². The molecule has 1 aromatic carbocycles. The van der Waals surface area contributed by atoms with Crippen molar-refractivity contribution in [3.8, 4) is 6.07 Å². The molecule has 1 aliphatic carbocycles. The van der Waals surface area contributed by atoms with E-state index in [0.29, 0.717) is 18.5 Å². The highest BCUT2D eigenvalue weighted by Gasteiger charge is 2.56. The monoisotopic (exact) mass is 472 g/mol. The van der Waals surface area contributed by atoms with Gasteiger partial charge in [-0.25, -0.2) is 19.2 Å². The summed E-state index contributed by atoms with van der Waals surface area (Å²) >= 11 is 0. The van der Waals surface area contributed by atoms with Gasteiger partial charge in [0.05, 0.1) is 17.9 Å². The lowest BCUT2D eigenvalue weighted by Crippen LogP contribution is -2.52. The van der Waals surface area contributed by atoms with Crippen molar-refractivity contribution in [3.63, 3.8) is 0 Å². The third-order valence-corrected chi connectivity index (χ3v) is 7.65. The van der Waals surface area contributed by atoms with Crippen LogP contribution in [-0.2, 0) is 4.79 Å². The molecule has 5 atom stereocenters. The number of aryl methyl sites for hydroxylation is 1. The van der Waals surface area contributed by atoms with E-state index in [0.717, 1.165) is 37.2 Å². The smallest absolute Gasteiger partial charge is 0.254 e. The Morgan fingerprint density at radius 3 is 2.71 bits per heavy atom. The van der Waals surface area contributed by atoms with Gasteiger partial charge in [-0.1, -0.05) is 0 Å².